The van der Waals surface area contributed by atoms with Gasteiger partial charge >= 0.3 is 11.7 Å². The van der Waals surface area contributed by atoms with Crippen molar-refractivity contribution in [3.63, 3.8) is 0 Å². The Hall–Kier alpha value is -1.28. The molecule has 0 saturated carbocycles. The number of aromatic amines is 1. The molecule has 1 rings (SSSR count). The van der Waals surface area contributed by atoms with E-state index < -0.39 is 5.54 Å². The number of H-pyrrole nitrogens is 1. The van der Waals surface area contributed by atoms with Crippen molar-refractivity contribution in [3.8, 4) is 0 Å². The largest absolute Gasteiger partial charge is 0.465 e. The highest BCUT2D eigenvalue weighted by Gasteiger charge is 2.35. The van der Waals surface area contributed by atoms with Crippen molar-refractivity contribution in [3.05, 3.63) is 10.5 Å². The molecule has 2 atom stereocenters. The normalized spacial score (nSPS) is 15.5. The van der Waals surface area contributed by atoms with Gasteiger partial charge in [0.1, 0.15) is 5.54 Å². The highest BCUT2D eigenvalue weighted by molar-refractivity contribution is 7.99. The summed E-state index contributed by atoms with van der Waals surface area (Å²) in [6.45, 7) is 8.62. The van der Waals surface area contributed by atoms with Crippen LogP contribution in [0, 0.1) is 0 Å². The minimum atomic E-state index is -0.744. The van der Waals surface area contributed by atoms with Crippen molar-refractivity contribution in [1.29, 1.82) is 0 Å². The number of ether oxygens (including phenoxy) is 1. The third-order valence-corrected chi connectivity index (χ3v) is 4.28. The highest BCUT2D eigenvalue weighted by Crippen LogP contribution is 2.27. The fraction of sp³-hybridized carbons (Fsp3) is 0.769. The Labute approximate surface area is 128 Å². The summed E-state index contributed by atoms with van der Waals surface area (Å²) >= 11 is 1.45. The third-order valence-electron chi connectivity index (χ3n) is 3.13. The lowest BCUT2D eigenvalue weighted by molar-refractivity contribution is -0.150. The van der Waals surface area contributed by atoms with Crippen molar-refractivity contribution in [1.82, 2.24) is 20.1 Å². The summed E-state index contributed by atoms with van der Waals surface area (Å²) in [4.78, 5) is 23.5. The van der Waals surface area contributed by atoms with Gasteiger partial charge in [0.15, 0.2) is 5.16 Å². The molecule has 7 nitrogen and oxygen atoms in total. The number of nitrogens with zero attached hydrogens (tertiary/aromatic N) is 2. The van der Waals surface area contributed by atoms with Gasteiger partial charge in [0.25, 0.3) is 0 Å². The van der Waals surface area contributed by atoms with E-state index in [1.165, 1.54) is 16.3 Å². The van der Waals surface area contributed by atoms with Gasteiger partial charge in [-0.3, -0.25) is 9.36 Å². The van der Waals surface area contributed by atoms with Gasteiger partial charge in [-0.1, -0.05) is 25.6 Å². The maximum atomic E-state index is 12.1. The molecule has 0 bridgehead atoms. The van der Waals surface area contributed by atoms with Crippen molar-refractivity contribution >= 4 is 17.7 Å². The predicted molar refractivity (Wildman–Crippen MR) is 82.5 cm³/mol. The van der Waals surface area contributed by atoms with Crippen LogP contribution in [0.15, 0.2) is 9.95 Å². The van der Waals surface area contributed by atoms with E-state index in [-0.39, 0.29) is 16.9 Å². The topological polar surface area (TPSA) is 89.0 Å². The molecular formula is C13H24N4O3S. The molecule has 8 heteroatoms. The Morgan fingerprint density at radius 2 is 2.24 bits per heavy atom. The Morgan fingerprint density at radius 1 is 1.57 bits per heavy atom. The van der Waals surface area contributed by atoms with Gasteiger partial charge in [-0.15, -0.1) is 5.10 Å². The molecule has 21 heavy (non-hydrogen) atoms. The maximum absolute atomic E-state index is 12.1. The molecule has 0 aromatic carbocycles. The Morgan fingerprint density at radius 3 is 2.71 bits per heavy atom. The van der Waals surface area contributed by atoms with Crippen LogP contribution in [0.3, 0.4) is 0 Å². The van der Waals surface area contributed by atoms with Crippen molar-refractivity contribution < 1.29 is 9.53 Å². The third kappa shape index (κ3) is 4.60. The Bertz CT molecular complexity index is 528. The SMILES string of the molecule is CCNC(C)(CC(C)Sc1n[nH]c(=O)n1C)C(=O)OCC. The fourth-order valence-corrected chi connectivity index (χ4v) is 3.26. The summed E-state index contributed by atoms with van der Waals surface area (Å²) in [7, 11) is 1.66. The number of rotatable bonds is 8. The second kappa shape index (κ2) is 7.65. The molecule has 0 amide bonds. The summed E-state index contributed by atoms with van der Waals surface area (Å²) in [6.07, 6.45) is 0.575. The predicted octanol–water partition coefficient (Wildman–Crippen LogP) is 0.910. The second-order valence-electron chi connectivity index (χ2n) is 5.09. The lowest BCUT2D eigenvalue weighted by Gasteiger charge is -2.30. The molecule has 0 spiro atoms. The zero-order valence-corrected chi connectivity index (χ0v) is 14.0. The van der Waals surface area contributed by atoms with Crippen LogP contribution in [0.5, 0.6) is 0 Å². The quantitative estimate of drug-likeness (QED) is 0.547. The van der Waals surface area contributed by atoms with Gasteiger partial charge in [0.2, 0.25) is 0 Å². The first-order valence-electron chi connectivity index (χ1n) is 7.04. The maximum Gasteiger partial charge on any atom is 0.343 e. The number of likely N-dealkylation sites (N-methyl/N-ethyl adjacent to an activating group) is 1. The van der Waals surface area contributed by atoms with Crippen LogP contribution in [-0.2, 0) is 16.6 Å². The summed E-state index contributed by atoms with van der Waals surface area (Å²) < 4.78 is 6.61. The molecule has 0 aliphatic rings. The van der Waals surface area contributed by atoms with Crippen LogP contribution < -0.4 is 11.0 Å². The van der Waals surface area contributed by atoms with E-state index in [1.807, 2.05) is 20.8 Å². The minimum Gasteiger partial charge on any atom is -0.465 e. The van der Waals surface area contributed by atoms with E-state index in [9.17, 15) is 9.59 Å². The first-order chi connectivity index (χ1) is 9.84. The van der Waals surface area contributed by atoms with Crippen LogP contribution in [0.25, 0.3) is 0 Å². The van der Waals surface area contributed by atoms with Crippen LogP contribution in [0.2, 0.25) is 0 Å². The second-order valence-corrected chi connectivity index (χ2v) is 6.49. The number of hydrogen-bond donors (Lipinski definition) is 2. The van der Waals surface area contributed by atoms with Gasteiger partial charge in [0.05, 0.1) is 6.61 Å². The summed E-state index contributed by atoms with van der Waals surface area (Å²) in [5, 5.41) is 10.3. The Kier molecular flexibility index (Phi) is 6.47. The van der Waals surface area contributed by atoms with E-state index >= 15 is 0 Å². The molecule has 1 aromatic heterocycles. The summed E-state index contributed by atoms with van der Waals surface area (Å²) in [6, 6.07) is 0. The lowest BCUT2D eigenvalue weighted by Crippen LogP contribution is -2.51. The fourth-order valence-electron chi connectivity index (χ4n) is 2.14. The number of carbonyl (C=O) groups is 1. The van der Waals surface area contributed by atoms with Crippen molar-refractivity contribution in [2.24, 2.45) is 7.05 Å². The molecule has 1 heterocycles. The first kappa shape index (κ1) is 17.8. The van der Waals surface area contributed by atoms with Crippen molar-refractivity contribution in [2.75, 3.05) is 13.2 Å². The molecule has 0 radical (unpaired) electrons. The van der Waals surface area contributed by atoms with Crippen LogP contribution in [-0.4, -0.2) is 44.7 Å². The van der Waals surface area contributed by atoms with E-state index in [0.29, 0.717) is 24.7 Å². The number of esters is 1. The number of carbonyl (C=O) groups excluding carboxylic acids is 1. The van der Waals surface area contributed by atoms with Gasteiger partial charge in [-0.2, -0.15) is 0 Å². The Balaban J connectivity index is 2.76. The molecule has 0 saturated heterocycles. The van der Waals surface area contributed by atoms with Gasteiger partial charge < -0.3 is 10.1 Å². The number of aromatic nitrogens is 3. The van der Waals surface area contributed by atoms with E-state index in [2.05, 4.69) is 15.5 Å². The van der Waals surface area contributed by atoms with Crippen LogP contribution in [0.4, 0.5) is 0 Å². The zero-order chi connectivity index (χ0) is 16.0. The molecule has 0 aliphatic carbocycles. The molecule has 0 fully saturated rings. The van der Waals surface area contributed by atoms with E-state index in [1.54, 1.807) is 14.0 Å². The van der Waals surface area contributed by atoms with Crippen LogP contribution in [0.1, 0.15) is 34.1 Å². The van der Waals surface area contributed by atoms with Gasteiger partial charge in [0, 0.05) is 12.3 Å². The monoisotopic (exact) mass is 316 g/mol. The summed E-state index contributed by atoms with van der Waals surface area (Å²) in [5.41, 5.74) is -0.989. The van der Waals surface area contributed by atoms with Gasteiger partial charge in [-0.25, -0.2) is 9.89 Å². The minimum absolute atomic E-state index is 0.0901. The average Bonchev–Trinajstić information content (AvgIpc) is 2.71. The van der Waals surface area contributed by atoms with Gasteiger partial charge in [-0.05, 0) is 26.8 Å². The number of thioether (sulfide) groups is 1. The lowest BCUT2D eigenvalue weighted by atomic mass is 9.96. The smallest absolute Gasteiger partial charge is 0.343 e. The molecule has 0 aliphatic heterocycles. The van der Waals surface area contributed by atoms with E-state index in [0.717, 1.165) is 0 Å². The molecule has 2 unspecified atom stereocenters. The zero-order valence-electron chi connectivity index (χ0n) is 13.2. The number of hydrogen-bond acceptors (Lipinski definition) is 6. The molecule has 1 aromatic rings. The highest BCUT2D eigenvalue weighted by atomic mass is 32.2. The van der Waals surface area contributed by atoms with Crippen LogP contribution >= 0.6 is 11.8 Å². The van der Waals surface area contributed by atoms with Crippen molar-refractivity contribution in [2.45, 2.75) is 50.1 Å². The molecule has 120 valence electrons. The first-order valence-corrected chi connectivity index (χ1v) is 7.92. The molecule has 2 N–H and O–H groups in total. The number of nitrogens with one attached hydrogen (secondary N) is 2. The summed E-state index contributed by atoms with van der Waals surface area (Å²) in [5.74, 6) is -0.254. The standard InChI is InChI=1S/C13H24N4O3S/c1-6-14-13(4,10(18)20-7-2)8-9(3)21-12-16-15-11(19)17(12)5/h9,14H,6-8H2,1-5H3,(H,15,19). The average molecular weight is 316 g/mol. The molecular weight excluding hydrogens is 292 g/mol. The van der Waals surface area contributed by atoms with E-state index in [4.69, 9.17) is 4.74 Å².